The average Bonchev–Trinajstić information content (AvgIpc) is 2.92. The molecule has 1 heterocycles. The lowest BCUT2D eigenvalue weighted by Crippen LogP contribution is -2.34. The van der Waals surface area contributed by atoms with Crippen molar-refractivity contribution in [3.63, 3.8) is 0 Å². The van der Waals surface area contributed by atoms with Crippen LogP contribution in [0.25, 0.3) is 0 Å². The Hall–Kier alpha value is -0.410. The maximum Gasteiger partial charge on any atom is 0.0946 e. The van der Waals surface area contributed by atoms with Crippen LogP contribution >= 0.6 is 11.3 Å². The van der Waals surface area contributed by atoms with E-state index < -0.39 is 0 Å². The van der Waals surface area contributed by atoms with Gasteiger partial charge < -0.3 is 5.32 Å². The summed E-state index contributed by atoms with van der Waals surface area (Å²) in [5, 5.41) is 5.02. The van der Waals surface area contributed by atoms with E-state index in [0.29, 0.717) is 6.04 Å². The zero-order valence-electron chi connectivity index (χ0n) is 11.4. The van der Waals surface area contributed by atoms with Crippen molar-refractivity contribution in [2.45, 2.75) is 53.0 Å². The molecule has 1 saturated carbocycles. The first kappa shape index (κ1) is 13.0. The van der Waals surface area contributed by atoms with E-state index in [2.05, 4.69) is 38.0 Å². The van der Waals surface area contributed by atoms with E-state index in [0.717, 1.165) is 24.8 Å². The van der Waals surface area contributed by atoms with Crippen molar-refractivity contribution < 1.29 is 0 Å². The lowest BCUT2D eigenvalue weighted by atomic mass is 10.1. The maximum atomic E-state index is 4.67. The smallest absolute Gasteiger partial charge is 0.0946 e. The minimum atomic E-state index is 0.648. The molecule has 1 aliphatic carbocycles. The van der Waals surface area contributed by atoms with Crippen LogP contribution in [0.15, 0.2) is 0 Å². The summed E-state index contributed by atoms with van der Waals surface area (Å²) in [5.74, 6) is 1.79. The zero-order valence-corrected chi connectivity index (χ0v) is 12.2. The molecule has 1 aromatic rings. The summed E-state index contributed by atoms with van der Waals surface area (Å²) >= 11 is 1.87. The van der Waals surface area contributed by atoms with Gasteiger partial charge >= 0.3 is 0 Å². The standard InChI is InChI=1S/C14H24N2S/c1-5-6-15-13(12-7-9(12)2)8-14-16-10(3)11(4)17-14/h9,12-13,15H,5-8H2,1-4H3. The monoisotopic (exact) mass is 252 g/mol. The second kappa shape index (κ2) is 5.49. The highest BCUT2D eigenvalue weighted by Gasteiger charge is 2.39. The van der Waals surface area contributed by atoms with E-state index in [1.807, 2.05) is 11.3 Å². The van der Waals surface area contributed by atoms with Crippen molar-refractivity contribution in [2.75, 3.05) is 6.54 Å². The molecule has 0 radical (unpaired) electrons. The second-order valence-corrected chi connectivity index (χ2v) is 6.68. The van der Waals surface area contributed by atoms with Crippen molar-refractivity contribution >= 4 is 11.3 Å². The highest BCUT2D eigenvalue weighted by atomic mass is 32.1. The molecule has 0 aliphatic heterocycles. The van der Waals surface area contributed by atoms with Crippen LogP contribution in [-0.4, -0.2) is 17.6 Å². The first-order chi connectivity index (χ1) is 8.11. The molecule has 0 saturated heterocycles. The fourth-order valence-electron chi connectivity index (χ4n) is 2.43. The van der Waals surface area contributed by atoms with Crippen LogP contribution in [0.2, 0.25) is 0 Å². The highest BCUT2D eigenvalue weighted by Crippen LogP contribution is 2.41. The summed E-state index contributed by atoms with van der Waals surface area (Å²) < 4.78 is 0. The molecule has 0 amide bonds. The summed E-state index contributed by atoms with van der Waals surface area (Å²) in [6.07, 6.45) is 3.73. The van der Waals surface area contributed by atoms with Gasteiger partial charge in [-0.3, -0.25) is 0 Å². The predicted molar refractivity (Wildman–Crippen MR) is 74.6 cm³/mol. The molecule has 3 heteroatoms. The molecular weight excluding hydrogens is 228 g/mol. The second-order valence-electron chi connectivity index (χ2n) is 5.39. The summed E-state index contributed by atoms with van der Waals surface area (Å²) in [7, 11) is 0. The van der Waals surface area contributed by atoms with Crippen LogP contribution in [0, 0.1) is 25.7 Å². The Morgan fingerprint density at radius 2 is 2.18 bits per heavy atom. The van der Waals surface area contributed by atoms with Crippen molar-refractivity contribution in [3.8, 4) is 0 Å². The molecule has 2 nitrogen and oxygen atoms in total. The number of thiazole rings is 1. The largest absolute Gasteiger partial charge is 0.313 e. The fraction of sp³-hybridized carbons (Fsp3) is 0.786. The minimum Gasteiger partial charge on any atom is -0.313 e. The van der Waals surface area contributed by atoms with Gasteiger partial charge in [-0.05, 0) is 45.1 Å². The number of hydrogen-bond donors (Lipinski definition) is 1. The average molecular weight is 252 g/mol. The summed E-state index contributed by atoms with van der Waals surface area (Å²) in [4.78, 5) is 6.05. The molecule has 1 aromatic heterocycles. The Morgan fingerprint density at radius 1 is 1.47 bits per heavy atom. The van der Waals surface area contributed by atoms with Gasteiger partial charge in [0.25, 0.3) is 0 Å². The third-order valence-corrected chi connectivity index (χ3v) is 4.91. The van der Waals surface area contributed by atoms with Crippen LogP contribution in [0.3, 0.4) is 0 Å². The number of nitrogens with one attached hydrogen (secondary N) is 1. The van der Waals surface area contributed by atoms with E-state index in [-0.39, 0.29) is 0 Å². The van der Waals surface area contributed by atoms with Crippen molar-refractivity contribution in [2.24, 2.45) is 11.8 Å². The van der Waals surface area contributed by atoms with Crippen molar-refractivity contribution in [1.29, 1.82) is 0 Å². The molecule has 2 rings (SSSR count). The highest BCUT2D eigenvalue weighted by molar-refractivity contribution is 7.11. The van der Waals surface area contributed by atoms with Crippen molar-refractivity contribution in [3.05, 3.63) is 15.6 Å². The number of rotatable bonds is 6. The Morgan fingerprint density at radius 3 is 2.65 bits per heavy atom. The van der Waals surface area contributed by atoms with Crippen LogP contribution < -0.4 is 5.32 Å². The first-order valence-corrected chi connectivity index (χ1v) is 7.59. The summed E-state index contributed by atoms with van der Waals surface area (Å²) in [6.45, 7) is 10.0. The lowest BCUT2D eigenvalue weighted by molar-refractivity contribution is 0.443. The lowest BCUT2D eigenvalue weighted by Gasteiger charge is -2.17. The molecule has 1 fully saturated rings. The zero-order chi connectivity index (χ0) is 12.4. The van der Waals surface area contributed by atoms with Crippen LogP contribution in [0.1, 0.15) is 42.3 Å². The molecule has 96 valence electrons. The molecule has 1 aliphatic rings. The Labute approximate surface area is 109 Å². The Balaban J connectivity index is 1.96. The van der Waals surface area contributed by atoms with Crippen LogP contribution in [-0.2, 0) is 6.42 Å². The van der Waals surface area contributed by atoms with E-state index in [1.165, 1.54) is 28.4 Å². The van der Waals surface area contributed by atoms with Gasteiger partial charge in [-0.25, -0.2) is 4.98 Å². The number of hydrogen-bond acceptors (Lipinski definition) is 3. The van der Waals surface area contributed by atoms with Gasteiger partial charge in [0.2, 0.25) is 0 Å². The van der Waals surface area contributed by atoms with E-state index in [9.17, 15) is 0 Å². The Bertz CT molecular complexity index is 353. The normalized spacial score (nSPS) is 24.9. The van der Waals surface area contributed by atoms with Gasteiger partial charge in [-0.2, -0.15) is 0 Å². The molecule has 3 unspecified atom stereocenters. The molecule has 17 heavy (non-hydrogen) atoms. The van der Waals surface area contributed by atoms with Crippen molar-refractivity contribution in [1.82, 2.24) is 10.3 Å². The SMILES string of the molecule is CCCNC(Cc1nc(C)c(C)s1)C1CC1C. The molecule has 1 N–H and O–H groups in total. The van der Waals surface area contributed by atoms with Gasteiger partial charge in [-0.15, -0.1) is 11.3 Å². The fourth-order valence-corrected chi connectivity index (χ4v) is 3.42. The van der Waals surface area contributed by atoms with Gasteiger partial charge in [0, 0.05) is 17.3 Å². The topological polar surface area (TPSA) is 24.9 Å². The molecule has 0 aromatic carbocycles. The van der Waals surface area contributed by atoms with E-state index in [1.54, 1.807) is 0 Å². The van der Waals surface area contributed by atoms with Gasteiger partial charge in [0.15, 0.2) is 0 Å². The minimum absolute atomic E-state index is 0.648. The molecule has 3 atom stereocenters. The summed E-state index contributed by atoms with van der Waals surface area (Å²) in [6, 6.07) is 0.648. The Kier molecular flexibility index (Phi) is 4.21. The first-order valence-electron chi connectivity index (χ1n) is 6.78. The quantitative estimate of drug-likeness (QED) is 0.840. The van der Waals surface area contributed by atoms with Gasteiger partial charge in [-0.1, -0.05) is 13.8 Å². The number of aryl methyl sites for hydroxylation is 2. The van der Waals surface area contributed by atoms with E-state index in [4.69, 9.17) is 0 Å². The molecular formula is C14H24N2S. The summed E-state index contributed by atoms with van der Waals surface area (Å²) in [5.41, 5.74) is 1.21. The van der Waals surface area contributed by atoms with E-state index >= 15 is 0 Å². The maximum absolute atomic E-state index is 4.67. The predicted octanol–water partition coefficient (Wildman–Crippen LogP) is 3.33. The number of aromatic nitrogens is 1. The third-order valence-electron chi connectivity index (χ3n) is 3.81. The molecule has 0 spiro atoms. The van der Waals surface area contributed by atoms with Gasteiger partial charge in [0.1, 0.15) is 0 Å². The third kappa shape index (κ3) is 3.29. The molecule has 0 bridgehead atoms. The van der Waals surface area contributed by atoms with Crippen LogP contribution in [0.4, 0.5) is 0 Å². The van der Waals surface area contributed by atoms with Gasteiger partial charge in [0.05, 0.1) is 10.7 Å². The van der Waals surface area contributed by atoms with Crippen LogP contribution in [0.5, 0.6) is 0 Å². The number of nitrogens with zero attached hydrogens (tertiary/aromatic N) is 1.